The van der Waals surface area contributed by atoms with Crippen LogP contribution in [0.15, 0.2) is 48.5 Å². The Balaban J connectivity index is 1.54. The lowest BCUT2D eigenvalue weighted by atomic mass is 9.96. The molecule has 2 unspecified atom stereocenters. The second kappa shape index (κ2) is 10.9. The molecule has 0 bridgehead atoms. The minimum atomic E-state index is -0.388. The molecule has 1 aliphatic rings. The van der Waals surface area contributed by atoms with Crippen molar-refractivity contribution in [2.45, 2.75) is 39.7 Å². The van der Waals surface area contributed by atoms with Gasteiger partial charge in [0.1, 0.15) is 5.82 Å². The van der Waals surface area contributed by atoms with Gasteiger partial charge in [0.15, 0.2) is 0 Å². The Hall–Kier alpha value is -3.22. The predicted octanol–water partition coefficient (Wildman–Crippen LogP) is 3.98. The van der Waals surface area contributed by atoms with Crippen LogP contribution < -0.4 is 10.6 Å². The van der Waals surface area contributed by atoms with E-state index in [4.69, 9.17) is 0 Å². The predicted molar refractivity (Wildman–Crippen MR) is 121 cm³/mol. The third-order valence-corrected chi connectivity index (χ3v) is 5.89. The van der Waals surface area contributed by atoms with Crippen molar-refractivity contribution >= 4 is 23.4 Å². The summed E-state index contributed by atoms with van der Waals surface area (Å²) in [5, 5.41) is 5.85. The van der Waals surface area contributed by atoms with Crippen molar-refractivity contribution in [1.82, 2.24) is 10.2 Å². The molecule has 2 aromatic carbocycles. The van der Waals surface area contributed by atoms with Gasteiger partial charge in [0.05, 0.1) is 5.92 Å². The fraction of sp³-hybridized carbons (Fsp3) is 0.400. The Morgan fingerprint density at radius 3 is 2.62 bits per heavy atom. The second-order valence-corrected chi connectivity index (χ2v) is 8.31. The second-order valence-electron chi connectivity index (χ2n) is 8.31. The Morgan fingerprint density at radius 1 is 1.16 bits per heavy atom. The Morgan fingerprint density at radius 2 is 1.91 bits per heavy atom. The SMILES string of the molecule is CCC(C)C(=O)Nc1cccc(CNC(=O)C2CCCN(C(=O)c3ccc(F)cc3)C2)c1. The van der Waals surface area contributed by atoms with Gasteiger partial charge in [-0.15, -0.1) is 0 Å². The van der Waals surface area contributed by atoms with E-state index in [1.54, 1.807) is 4.90 Å². The lowest BCUT2D eigenvalue weighted by Crippen LogP contribution is -2.45. The van der Waals surface area contributed by atoms with Crippen LogP contribution >= 0.6 is 0 Å². The number of amides is 3. The fourth-order valence-electron chi connectivity index (χ4n) is 3.69. The maximum atomic E-state index is 13.1. The fourth-order valence-corrected chi connectivity index (χ4v) is 3.69. The smallest absolute Gasteiger partial charge is 0.253 e. The normalized spacial score (nSPS) is 16.8. The zero-order valence-electron chi connectivity index (χ0n) is 18.6. The molecule has 2 atom stereocenters. The monoisotopic (exact) mass is 439 g/mol. The van der Waals surface area contributed by atoms with Crippen LogP contribution in [0.2, 0.25) is 0 Å². The molecule has 1 saturated heterocycles. The highest BCUT2D eigenvalue weighted by Crippen LogP contribution is 2.20. The highest BCUT2D eigenvalue weighted by molar-refractivity contribution is 5.94. The summed E-state index contributed by atoms with van der Waals surface area (Å²) in [5.41, 5.74) is 2.01. The molecule has 1 aliphatic heterocycles. The number of piperidine rings is 1. The van der Waals surface area contributed by atoms with Crippen LogP contribution in [-0.2, 0) is 16.1 Å². The first-order valence-corrected chi connectivity index (χ1v) is 11.1. The first kappa shape index (κ1) is 23.4. The zero-order valence-corrected chi connectivity index (χ0v) is 18.6. The quantitative estimate of drug-likeness (QED) is 0.685. The number of carbonyl (C=O) groups is 3. The molecule has 0 radical (unpaired) electrons. The van der Waals surface area contributed by atoms with E-state index in [-0.39, 0.29) is 35.4 Å². The summed E-state index contributed by atoms with van der Waals surface area (Å²) in [6.45, 7) is 5.11. The first-order valence-electron chi connectivity index (χ1n) is 11.1. The van der Waals surface area contributed by atoms with Gasteiger partial charge in [-0.1, -0.05) is 26.0 Å². The Bertz CT molecular complexity index is 961. The standard InChI is InChI=1S/C25H30FN3O3/c1-3-17(2)23(30)28-22-8-4-6-18(14-22)15-27-24(31)20-7-5-13-29(16-20)25(32)19-9-11-21(26)12-10-19/h4,6,8-12,14,17,20H,3,5,7,13,15-16H2,1-2H3,(H,27,31)(H,28,30). The summed E-state index contributed by atoms with van der Waals surface area (Å²) in [6, 6.07) is 12.9. The number of hydrogen-bond acceptors (Lipinski definition) is 3. The first-order chi connectivity index (χ1) is 15.4. The summed E-state index contributed by atoms with van der Waals surface area (Å²) in [6.07, 6.45) is 2.22. The van der Waals surface area contributed by atoms with Crippen molar-refractivity contribution in [2.24, 2.45) is 11.8 Å². The van der Waals surface area contributed by atoms with E-state index in [0.29, 0.717) is 37.3 Å². The highest BCUT2D eigenvalue weighted by Gasteiger charge is 2.28. The van der Waals surface area contributed by atoms with E-state index >= 15 is 0 Å². The van der Waals surface area contributed by atoms with Gasteiger partial charge in [-0.2, -0.15) is 0 Å². The van der Waals surface area contributed by atoms with Gasteiger partial charge in [-0.05, 0) is 61.2 Å². The molecule has 0 aromatic heterocycles. The Labute approximate surface area is 188 Å². The van der Waals surface area contributed by atoms with Crippen molar-refractivity contribution in [2.75, 3.05) is 18.4 Å². The summed E-state index contributed by atoms with van der Waals surface area (Å²) in [5.74, 6) is -1.06. The summed E-state index contributed by atoms with van der Waals surface area (Å²) in [4.78, 5) is 39.2. The molecule has 0 saturated carbocycles. The molecule has 2 N–H and O–H groups in total. The van der Waals surface area contributed by atoms with Gasteiger partial charge in [0.2, 0.25) is 11.8 Å². The lowest BCUT2D eigenvalue weighted by molar-refractivity contribution is -0.126. The lowest BCUT2D eigenvalue weighted by Gasteiger charge is -2.32. The van der Waals surface area contributed by atoms with Crippen molar-refractivity contribution in [1.29, 1.82) is 0 Å². The summed E-state index contributed by atoms with van der Waals surface area (Å²) >= 11 is 0. The molecule has 3 rings (SSSR count). The molecule has 0 spiro atoms. The van der Waals surface area contributed by atoms with Crippen LogP contribution in [0.1, 0.15) is 49.0 Å². The van der Waals surface area contributed by atoms with E-state index in [1.807, 2.05) is 38.1 Å². The van der Waals surface area contributed by atoms with Gasteiger partial charge in [0.25, 0.3) is 5.91 Å². The summed E-state index contributed by atoms with van der Waals surface area (Å²) in [7, 11) is 0. The van der Waals surface area contributed by atoms with Crippen molar-refractivity contribution in [3.05, 3.63) is 65.5 Å². The molecule has 2 aromatic rings. The number of likely N-dealkylation sites (tertiary alicyclic amines) is 1. The minimum Gasteiger partial charge on any atom is -0.352 e. The van der Waals surface area contributed by atoms with Crippen molar-refractivity contribution < 1.29 is 18.8 Å². The Kier molecular flexibility index (Phi) is 7.98. The number of rotatable bonds is 7. The minimum absolute atomic E-state index is 0.0261. The third kappa shape index (κ3) is 6.15. The molecule has 1 heterocycles. The molecule has 32 heavy (non-hydrogen) atoms. The number of nitrogens with zero attached hydrogens (tertiary/aromatic N) is 1. The van der Waals surface area contributed by atoms with Crippen LogP contribution in [0, 0.1) is 17.7 Å². The molecule has 7 heteroatoms. The van der Waals surface area contributed by atoms with E-state index in [2.05, 4.69) is 10.6 Å². The van der Waals surface area contributed by atoms with Gasteiger partial charge in [-0.25, -0.2) is 4.39 Å². The zero-order chi connectivity index (χ0) is 23.1. The highest BCUT2D eigenvalue weighted by atomic mass is 19.1. The van der Waals surface area contributed by atoms with Crippen molar-refractivity contribution in [3.63, 3.8) is 0 Å². The number of hydrogen-bond donors (Lipinski definition) is 2. The van der Waals surface area contributed by atoms with Gasteiger partial charge in [-0.3, -0.25) is 14.4 Å². The van der Waals surface area contributed by atoms with Gasteiger partial charge >= 0.3 is 0 Å². The van der Waals surface area contributed by atoms with Crippen molar-refractivity contribution in [3.8, 4) is 0 Å². The molecule has 3 amide bonds. The molecule has 6 nitrogen and oxygen atoms in total. The van der Waals surface area contributed by atoms with Crippen LogP contribution in [-0.4, -0.2) is 35.7 Å². The molecule has 170 valence electrons. The van der Waals surface area contributed by atoms with Crippen LogP contribution in [0.3, 0.4) is 0 Å². The average molecular weight is 440 g/mol. The molecule has 0 aliphatic carbocycles. The van der Waals surface area contributed by atoms with Crippen LogP contribution in [0.5, 0.6) is 0 Å². The van der Waals surface area contributed by atoms with E-state index in [9.17, 15) is 18.8 Å². The van der Waals surface area contributed by atoms with Crippen LogP contribution in [0.4, 0.5) is 10.1 Å². The number of nitrogens with one attached hydrogen (secondary N) is 2. The van der Waals surface area contributed by atoms with Gasteiger partial charge in [0, 0.05) is 36.8 Å². The largest absolute Gasteiger partial charge is 0.352 e. The van der Waals surface area contributed by atoms with Crippen LogP contribution in [0.25, 0.3) is 0 Å². The van der Waals surface area contributed by atoms with E-state index in [0.717, 1.165) is 18.4 Å². The average Bonchev–Trinajstić information content (AvgIpc) is 2.82. The molecule has 1 fully saturated rings. The number of benzene rings is 2. The summed E-state index contributed by atoms with van der Waals surface area (Å²) < 4.78 is 13.1. The third-order valence-electron chi connectivity index (χ3n) is 5.89. The van der Waals surface area contributed by atoms with E-state index < -0.39 is 0 Å². The maximum Gasteiger partial charge on any atom is 0.253 e. The number of carbonyl (C=O) groups excluding carboxylic acids is 3. The number of anilines is 1. The molecular weight excluding hydrogens is 409 g/mol. The molecular formula is C25H30FN3O3. The van der Waals surface area contributed by atoms with E-state index in [1.165, 1.54) is 24.3 Å². The van der Waals surface area contributed by atoms with Gasteiger partial charge < -0.3 is 15.5 Å². The topological polar surface area (TPSA) is 78.5 Å². The number of halogens is 1. The maximum absolute atomic E-state index is 13.1.